The molecule has 0 N–H and O–H groups in total. The monoisotopic (exact) mass is 446 g/mol. The van der Waals surface area contributed by atoms with Gasteiger partial charge in [0.05, 0.1) is 12.2 Å². The van der Waals surface area contributed by atoms with E-state index in [1.54, 1.807) is 12.4 Å². The van der Waals surface area contributed by atoms with Crippen molar-refractivity contribution < 1.29 is 13.5 Å². The molecule has 0 bridgehead atoms. The van der Waals surface area contributed by atoms with Gasteiger partial charge in [-0.3, -0.25) is 0 Å². The van der Waals surface area contributed by atoms with Crippen molar-refractivity contribution in [2.45, 2.75) is 104 Å². The second kappa shape index (κ2) is 15.7. The SMILES string of the molecule is CCCCCCCCCc1cnc(-c2ccc(OCCCCCCCC)c(F)c2F)nc1. The van der Waals surface area contributed by atoms with E-state index < -0.39 is 11.6 Å². The first kappa shape index (κ1) is 26.2. The largest absolute Gasteiger partial charge is 0.490 e. The van der Waals surface area contributed by atoms with Crippen LogP contribution in [0.2, 0.25) is 0 Å². The Morgan fingerprint density at radius 2 is 1.25 bits per heavy atom. The van der Waals surface area contributed by atoms with E-state index in [4.69, 9.17) is 4.74 Å². The zero-order chi connectivity index (χ0) is 23.0. The number of ether oxygens (including phenoxy) is 1. The van der Waals surface area contributed by atoms with E-state index in [1.165, 1.54) is 69.9 Å². The molecule has 0 aliphatic rings. The average molecular weight is 447 g/mol. The smallest absolute Gasteiger partial charge is 0.201 e. The summed E-state index contributed by atoms with van der Waals surface area (Å²) in [5, 5.41) is 0. The normalized spacial score (nSPS) is 11.1. The van der Waals surface area contributed by atoms with Crippen LogP contribution in [0.1, 0.15) is 103 Å². The van der Waals surface area contributed by atoms with Crippen molar-refractivity contribution in [3.8, 4) is 17.1 Å². The molecule has 1 aromatic heterocycles. The molecule has 2 rings (SSSR count). The van der Waals surface area contributed by atoms with E-state index >= 15 is 0 Å². The van der Waals surface area contributed by atoms with Crippen molar-refractivity contribution in [2.24, 2.45) is 0 Å². The van der Waals surface area contributed by atoms with Crippen LogP contribution in [0, 0.1) is 11.6 Å². The van der Waals surface area contributed by atoms with Gasteiger partial charge in [-0.1, -0.05) is 84.5 Å². The highest BCUT2D eigenvalue weighted by Crippen LogP contribution is 2.28. The Labute approximate surface area is 193 Å². The quantitative estimate of drug-likeness (QED) is 0.229. The van der Waals surface area contributed by atoms with Crippen LogP contribution in [-0.4, -0.2) is 16.6 Å². The minimum absolute atomic E-state index is 0.0460. The first-order valence-electron chi connectivity index (χ1n) is 12.6. The molecule has 5 heteroatoms. The van der Waals surface area contributed by atoms with Crippen molar-refractivity contribution in [3.05, 3.63) is 41.7 Å². The molecule has 0 amide bonds. The number of hydrogen-bond donors (Lipinski definition) is 0. The summed E-state index contributed by atoms with van der Waals surface area (Å²) in [5.74, 6) is -1.77. The van der Waals surface area contributed by atoms with Crippen LogP contribution < -0.4 is 4.74 Å². The predicted octanol–water partition coefficient (Wildman–Crippen LogP) is 8.45. The van der Waals surface area contributed by atoms with Gasteiger partial charge < -0.3 is 4.74 Å². The minimum Gasteiger partial charge on any atom is -0.490 e. The number of halogens is 2. The Hall–Kier alpha value is -2.04. The fourth-order valence-corrected chi connectivity index (χ4v) is 3.79. The molecule has 1 aromatic carbocycles. The van der Waals surface area contributed by atoms with Crippen molar-refractivity contribution >= 4 is 0 Å². The molecule has 0 unspecified atom stereocenters. The van der Waals surface area contributed by atoms with E-state index in [0.29, 0.717) is 6.61 Å². The standard InChI is InChI=1S/C27H40F2N2O/c1-3-5-7-9-11-12-14-16-22-20-30-27(31-21-22)23-17-18-24(26(29)25(23)28)32-19-15-13-10-8-6-4-2/h17-18,20-21H,3-16,19H2,1-2H3. The Morgan fingerprint density at radius 3 is 1.88 bits per heavy atom. The zero-order valence-corrected chi connectivity index (χ0v) is 20.0. The summed E-state index contributed by atoms with van der Waals surface area (Å²) < 4.78 is 34.5. The third-order valence-electron chi connectivity index (χ3n) is 5.82. The number of aryl methyl sites for hydroxylation is 1. The molecule has 0 saturated carbocycles. The Balaban J connectivity index is 1.80. The topological polar surface area (TPSA) is 35.0 Å². The van der Waals surface area contributed by atoms with Crippen molar-refractivity contribution in [1.82, 2.24) is 9.97 Å². The Kier molecular flexibility index (Phi) is 12.9. The summed E-state index contributed by atoms with van der Waals surface area (Å²) in [6, 6.07) is 2.97. The number of nitrogens with zero attached hydrogens (tertiary/aromatic N) is 2. The summed E-state index contributed by atoms with van der Waals surface area (Å²) in [6.45, 7) is 4.80. The van der Waals surface area contributed by atoms with Crippen LogP contribution in [0.5, 0.6) is 5.75 Å². The fraction of sp³-hybridized carbons (Fsp3) is 0.630. The molecule has 32 heavy (non-hydrogen) atoms. The Morgan fingerprint density at radius 1 is 0.688 bits per heavy atom. The summed E-state index contributed by atoms with van der Waals surface area (Å²) >= 11 is 0. The molecule has 0 aliphatic carbocycles. The van der Waals surface area contributed by atoms with Gasteiger partial charge in [0.25, 0.3) is 0 Å². The maximum Gasteiger partial charge on any atom is 0.201 e. The zero-order valence-electron chi connectivity index (χ0n) is 20.0. The van der Waals surface area contributed by atoms with Crippen LogP contribution in [0.25, 0.3) is 11.4 Å². The van der Waals surface area contributed by atoms with Crippen LogP contribution >= 0.6 is 0 Å². The third-order valence-corrected chi connectivity index (χ3v) is 5.82. The predicted molar refractivity (Wildman–Crippen MR) is 128 cm³/mol. The van der Waals surface area contributed by atoms with E-state index in [9.17, 15) is 8.78 Å². The fourth-order valence-electron chi connectivity index (χ4n) is 3.79. The highest BCUT2D eigenvalue weighted by molar-refractivity contribution is 5.57. The highest BCUT2D eigenvalue weighted by atomic mass is 19.2. The van der Waals surface area contributed by atoms with Crippen LogP contribution in [0.4, 0.5) is 8.78 Å². The molecule has 0 atom stereocenters. The van der Waals surface area contributed by atoms with E-state index in [2.05, 4.69) is 23.8 Å². The summed E-state index contributed by atoms with van der Waals surface area (Å²) in [7, 11) is 0. The first-order chi connectivity index (χ1) is 15.7. The summed E-state index contributed by atoms with van der Waals surface area (Å²) in [5.41, 5.74) is 1.10. The molecule has 1 heterocycles. The van der Waals surface area contributed by atoms with Crippen molar-refractivity contribution in [1.29, 1.82) is 0 Å². The van der Waals surface area contributed by atoms with E-state index in [-0.39, 0.29) is 17.1 Å². The number of aromatic nitrogens is 2. The Bertz CT molecular complexity index is 765. The van der Waals surface area contributed by atoms with Gasteiger partial charge in [-0.25, -0.2) is 14.4 Å². The van der Waals surface area contributed by atoms with Crippen LogP contribution in [0.15, 0.2) is 24.5 Å². The molecule has 0 fully saturated rings. The minimum atomic E-state index is -0.968. The lowest BCUT2D eigenvalue weighted by Gasteiger charge is -2.10. The average Bonchev–Trinajstić information content (AvgIpc) is 2.81. The molecule has 0 spiro atoms. The summed E-state index contributed by atoms with van der Waals surface area (Å²) in [4.78, 5) is 8.54. The van der Waals surface area contributed by atoms with Gasteiger partial charge in [0.1, 0.15) is 0 Å². The lowest BCUT2D eigenvalue weighted by molar-refractivity contribution is 0.285. The summed E-state index contributed by atoms with van der Waals surface area (Å²) in [6.07, 6.45) is 19.8. The number of rotatable bonds is 17. The van der Waals surface area contributed by atoms with Gasteiger partial charge in [0.2, 0.25) is 5.82 Å². The van der Waals surface area contributed by atoms with E-state index in [0.717, 1.165) is 37.7 Å². The van der Waals surface area contributed by atoms with Gasteiger partial charge in [0.15, 0.2) is 17.4 Å². The molecule has 0 radical (unpaired) electrons. The van der Waals surface area contributed by atoms with Crippen molar-refractivity contribution in [2.75, 3.05) is 6.61 Å². The number of unbranched alkanes of at least 4 members (excludes halogenated alkanes) is 11. The molecule has 0 aliphatic heterocycles. The molecular formula is C27H40F2N2O. The van der Waals surface area contributed by atoms with Gasteiger partial charge in [-0.05, 0) is 37.0 Å². The number of hydrogen-bond acceptors (Lipinski definition) is 3. The maximum absolute atomic E-state index is 14.6. The molecular weight excluding hydrogens is 406 g/mol. The highest BCUT2D eigenvalue weighted by Gasteiger charge is 2.17. The van der Waals surface area contributed by atoms with Crippen LogP contribution in [0.3, 0.4) is 0 Å². The first-order valence-corrected chi connectivity index (χ1v) is 12.6. The molecule has 0 saturated heterocycles. The molecule has 2 aromatic rings. The van der Waals surface area contributed by atoms with Crippen LogP contribution in [-0.2, 0) is 6.42 Å². The second-order valence-corrected chi connectivity index (χ2v) is 8.64. The van der Waals surface area contributed by atoms with Gasteiger partial charge in [0, 0.05) is 12.4 Å². The van der Waals surface area contributed by atoms with Crippen molar-refractivity contribution in [3.63, 3.8) is 0 Å². The lowest BCUT2D eigenvalue weighted by atomic mass is 10.1. The van der Waals surface area contributed by atoms with Gasteiger partial charge in [-0.15, -0.1) is 0 Å². The van der Waals surface area contributed by atoms with E-state index in [1.807, 2.05) is 0 Å². The maximum atomic E-state index is 14.6. The molecule has 178 valence electrons. The van der Waals surface area contributed by atoms with Gasteiger partial charge in [-0.2, -0.15) is 4.39 Å². The second-order valence-electron chi connectivity index (χ2n) is 8.64. The third kappa shape index (κ3) is 9.22. The van der Waals surface area contributed by atoms with Gasteiger partial charge >= 0.3 is 0 Å². The lowest BCUT2D eigenvalue weighted by Crippen LogP contribution is -2.03. The number of benzene rings is 1. The molecule has 3 nitrogen and oxygen atoms in total.